The highest BCUT2D eigenvalue weighted by Crippen LogP contribution is 2.51. The summed E-state index contributed by atoms with van der Waals surface area (Å²) in [6, 6.07) is 13.7. The van der Waals surface area contributed by atoms with Crippen molar-refractivity contribution in [2.45, 2.75) is 24.4 Å². The van der Waals surface area contributed by atoms with E-state index < -0.39 is 40.6 Å². The van der Waals surface area contributed by atoms with Gasteiger partial charge in [-0.25, -0.2) is 4.79 Å². The van der Waals surface area contributed by atoms with Crippen LogP contribution in [0.25, 0.3) is 0 Å². The number of amides is 2. The lowest BCUT2D eigenvalue weighted by Crippen LogP contribution is -2.63. The molecule has 1 heterocycles. The van der Waals surface area contributed by atoms with E-state index in [0.29, 0.717) is 23.4 Å². The van der Waals surface area contributed by atoms with Gasteiger partial charge in [-0.1, -0.05) is 42.5 Å². The fourth-order valence-electron chi connectivity index (χ4n) is 4.03. The van der Waals surface area contributed by atoms with E-state index in [0.717, 1.165) is 23.1 Å². The lowest BCUT2D eigenvalue weighted by molar-refractivity contribution is -0.184. The molecule has 0 bridgehead atoms. The zero-order valence-electron chi connectivity index (χ0n) is 17.7. The lowest BCUT2D eigenvalue weighted by Gasteiger charge is -2.45. The Morgan fingerprint density at radius 3 is 2.12 bits per heavy atom. The number of halogens is 6. The van der Waals surface area contributed by atoms with E-state index in [4.69, 9.17) is 4.74 Å². The first-order valence-corrected chi connectivity index (χ1v) is 10.0. The molecule has 1 aliphatic rings. The molecule has 0 unspecified atom stereocenters. The molecule has 2 amide bonds. The maximum Gasteiger partial charge on any atom is 0.420 e. The second kappa shape index (κ2) is 8.27. The summed E-state index contributed by atoms with van der Waals surface area (Å²) < 4.78 is 89.6. The molecule has 34 heavy (non-hydrogen) atoms. The van der Waals surface area contributed by atoms with Crippen LogP contribution < -0.4 is 15.0 Å². The number of rotatable bonds is 4. The van der Waals surface area contributed by atoms with Crippen molar-refractivity contribution >= 4 is 11.7 Å². The van der Waals surface area contributed by atoms with Crippen LogP contribution in [0.4, 0.5) is 36.8 Å². The number of hydrogen-bond donors (Lipinski definition) is 1. The van der Waals surface area contributed by atoms with E-state index in [1.807, 2.05) is 5.32 Å². The Morgan fingerprint density at radius 1 is 0.912 bits per heavy atom. The third-order valence-electron chi connectivity index (χ3n) is 5.69. The molecule has 4 rings (SSSR count). The van der Waals surface area contributed by atoms with Crippen LogP contribution in [0.15, 0.2) is 72.8 Å². The molecule has 3 aromatic carbocycles. The van der Waals surface area contributed by atoms with Crippen molar-refractivity contribution in [2.24, 2.45) is 0 Å². The van der Waals surface area contributed by atoms with Crippen LogP contribution in [-0.4, -0.2) is 19.3 Å². The Labute approximate surface area is 190 Å². The van der Waals surface area contributed by atoms with Gasteiger partial charge in [0.1, 0.15) is 5.75 Å². The van der Waals surface area contributed by atoms with Crippen molar-refractivity contribution in [1.82, 2.24) is 5.32 Å². The van der Waals surface area contributed by atoms with E-state index >= 15 is 0 Å². The first-order valence-electron chi connectivity index (χ1n) is 10.0. The summed E-state index contributed by atoms with van der Waals surface area (Å²) in [6.45, 7) is -0.170. The molecule has 178 valence electrons. The van der Waals surface area contributed by atoms with Crippen molar-refractivity contribution in [3.05, 3.63) is 95.1 Å². The minimum atomic E-state index is -5.14. The standard InChI is InChI=1S/C24H18F6N2O2/c1-34-18-10-7-15(8-11-18)14-32-20-12-9-17(23(25,26)27)13-19(20)22(24(28,29)30,31-21(32)33)16-5-3-2-4-6-16/h2-13H,14H2,1H3,(H,31,33)/t22-/m1/s1. The largest absolute Gasteiger partial charge is 0.497 e. The van der Waals surface area contributed by atoms with E-state index in [1.54, 1.807) is 24.3 Å². The molecule has 0 spiro atoms. The van der Waals surface area contributed by atoms with Crippen LogP contribution in [0.1, 0.15) is 22.3 Å². The van der Waals surface area contributed by atoms with E-state index in [-0.39, 0.29) is 12.2 Å². The highest BCUT2D eigenvalue weighted by atomic mass is 19.4. The first kappa shape index (κ1) is 23.5. The van der Waals surface area contributed by atoms with Crippen LogP contribution in [0.3, 0.4) is 0 Å². The molecule has 0 aliphatic carbocycles. The molecular weight excluding hydrogens is 462 g/mol. The Bertz CT molecular complexity index is 1190. The quantitative estimate of drug-likeness (QED) is 0.449. The van der Waals surface area contributed by atoms with Gasteiger partial charge < -0.3 is 10.1 Å². The number of alkyl halides is 6. The Hall–Kier alpha value is -3.69. The van der Waals surface area contributed by atoms with Crippen LogP contribution >= 0.6 is 0 Å². The number of nitrogens with zero attached hydrogens (tertiary/aromatic N) is 1. The molecule has 10 heteroatoms. The fraction of sp³-hybridized carbons (Fsp3) is 0.208. The first-order chi connectivity index (χ1) is 16.0. The number of fused-ring (bicyclic) bond motifs is 1. The van der Waals surface area contributed by atoms with Crippen molar-refractivity contribution in [3.63, 3.8) is 0 Å². The molecule has 0 radical (unpaired) electrons. The summed E-state index contributed by atoms with van der Waals surface area (Å²) in [5, 5.41) is 1.98. The van der Waals surface area contributed by atoms with Gasteiger partial charge in [-0.2, -0.15) is 26.3 Å². The Morgan fingerprint density at radius 2 is 1.56 bits per heavy atom. The third-order valence-corrected chi connectivity index (χ3v) is 5.69. The molecule has 0 saturated carbocycles. The number of ether oxygens (including phenoxy) is 1. The lowest BCUT2D eigenvalue weighted by atomic mass is 9.78. The van der Waals surface area contributed by atoms with Crippen LogP contribution in [0.2, 0.25) is 0 Å². The summed E-state index contributed by atoms with van der Waals surface area (Å²) in [7, 11) is 1.46. The average Bonchev–Trinajstić information content (AvgIpc) is 2.80. The normalized spacial score (nSPS) is 18.3. The van der Waals surface area contributed by atoms with Gasteiger partial charge in [-0.3, -0.25) is 4.90 Å². The van der Waals surface area contributed by atoms with Gasteiger partial charge in [0, 0.05) is 5.56 Å². The number of urea groups is 1. The molecule has 0 fully saturated rings. The number of nitrogens with one attached hydrogen (secondary N) is 1. The second-order valence-corrected chi connectivity index (χ2v) is 7.71. The molecule has 0 saturated heterocycles. The van der Waals surface area contributed by atoms with Crippen LogP contribution in [0, 0.1) is 0 Å². The van der Waals surface area contributed by atoms with E-state index in [1.165, 1.54) is 25.3 Å². The number of carbonyl (C=O) groups is 1. The number of methoxy groups -OCH3 is 1. The maximum atomic E-state index is 14.7. The highest BCUT2D eigenvalue weighted by molar-refractivity contribution is 5.97. The van der Waals surface area contributed by atoms with Gasteiger partial charge in [-0.15, -0.1) is 0 Å². The highest BCUT2D eigenvalue weighted by Gasteiger charge is 2.62. The van der Waals surface area contributed by atoms with Gasteiger partial charge in [0.25, 0.3) is 0 Å². The van der Waals surface area contributed by atoms with Crippen molar-refractivity contribution < 1.29 is 35.9 Å². The SMILES string of the molecule is COc1ccc(CN2C(=O)N[C@@](c3ccccc3)(C(F)(F)F)c3cc(C(F)(F)F)ccc32)cc1. The van der Waals surface area contributed by atoms with Crippen LogP contribution in [0.5, 0.6) is 5.75 Å². The molecular formula is C24H18F6N2O2. The minimum absolute atomic E-state index is 0.170. The molecule has 1 aliphatic heterocycles. The van der Waals surface area contributed by atoms with Gasteiger partial charge in [-0.05, 0) is 41.5 Å². The number of carbonyl (C=O) groups excluding carboxylic acids is 1. The van der Waals surface area contributed by atoms with Gasteiger partial charge in [0.2, 0.25) is 0 Å². The maximum absolute atomic E-state index is 14.7. The predicted octanol–water partition coefficient (Wildman–Crippen LogP) is 6.25. The van der Waals surface area contributed by atoms with Gasteiger partial charge >= 0.3 is 18.4 Å². The van der Waals surface area contributed by atoms with Crippen molar-refractivity contribution in [3.8, 4) is 5.75 Å². The topological polar surface area (TPSA) is 41.6 Å². The summed E-state index contributed by atoms with van der Waals surface area (Å²) in [6.07, 6.45) is -10.0. The average molecular weight is 480 g/mol. The zero-order chi connectivity index (χ0) is 24.7. The summed E-state index contributed by atoms with van der Waals surface area (Å²) in [4.78, 5) is 14.1. The Kier molecular flexibility index (Phi) is 5.71. The van der Waals surface area contributed by atoms with Crippen LogP contribution in [-0.2, 0) is 18.3 Å². The molecule has 4 nitrogen and oxygen atoms in total. The van der Waals surface area contributed by atoms with E-state index in [2.05, 4.69) is 0 Å². The Balaban J connectivity index is 1.94. The molecule has 3 aromatic rings. The van der Waals surface area contributed by atoms with Crippen molar-refractivity contribution in [2.75, 3.05) is 12.0 Å². The fourth-order valence-corrected chi connectivity index (χ4v) is 4.03. The van der Waals surface area contributed by atoms with E-state index in [9.17, 15) is 31.1 Å². The second-order valence-electron chi connectivity index (χ2n) is 7.71. The summed E-state index contributed by atoms with van der Waals surface area (Å²) >= 11 is 0. The van der Waals surface area contributed by atoms with Crippen molar-refractivity contribution in [1.29, 1.82) is 0 Å². The zero-order valence-corrected chi connectivity index (χ0v) is 17.7. The smallest absolute Gasteiger partial charge is 0.420 e. The predicted molar refractivity (Wildman–Crippen MR) is 112 cm³/mol. The summed E-state index contributed by atoms with van der Waals surface area (Å²) in [5.74, 6) is 0.530. The number of hydrogen-bond acceptors (Lipinski definition) is 2. The van der Waals surface area contributed by atoms with Gasteiger partial charge in [0.15, 0.2) is 5.54 Å². The monoisotopic (exact) mass is 480 g/mol. The summed E-state index contributed by atoms with van der Waals surface area (Å²) in [5.41, 5.74) is -5.26. The molecule has 1 atom stereocenters. The third kappa shape index (κ3) is 3.93. The molecule has 0 aromatic heterocycles. The number of benzene rings is 3. The minimum Gasteiger partial charge on any atom is -0.497 e. The van der Waals surface area contributed by atoms with Gasteiger partial charge in [0.05, 0.1) is 24.9 Å². The molecule has 1 N–H and O–H groups in total. The number of anilines is 1.